The molecule has 4 heterocycles. The average molecular weight is 1390 g/mol. The van der Waals surface area contributed by atoms with Crippen molar-refractivity contribution in [2.75, 3.05) is 0 Å². The topological polar surface area (TPSA) is 77.3 Å². The molecule has 0 fully saturated rings. The van der Waals surface area contributed by atoms with Gasteiger partial charge in [-0.05, 0) is 136 Å². The van der Waals surface area contributed by atoms with Gasteiger partial charge in [0.05, 0.1) is 0 Å². The quantitative estimate of drug-likeness (QED) is 0.114. The van der Waals surface area contributed by atoms with Crippen molar-refractivity contribution < 1.29 is 0 Å². The van der Waals surface area contributed by atoms with E-state index < -0.39 is 0 Å². The first-order chi connectivity index (χ1) is 52.5. The molecule has 0 spiro atoms. The third-order valence-corrected chi connectivity index (χ3v) is 22.9. The molecule has 4 aromatic heterocycles. The Labute approximate surface area is 620 Å². The maximum Gasteiger partial charge on any atom is 0.165 e. The van der Waals surface area contributed by atoms with E-state index in [9.17, 15) is 0 Å². The van der Waals surface area contributed by atoms with Crippen LogP contribution in [0.25, 0.3) is 208 Å². The Morgan fingerprint density at radius 3 is 0.896 bits per heavy atom. The highest BCUT2D eigenvalue weighted by Gasteiger charge is 2.22. The van der Waals surface area contributed by atoms with Gasteiger partial charge in [-0.25, -0.2) is 29.9 Å². The number of benzene rings is 16. The fraction of sp³-hybridized carbons (Fsp3) is 0. The van der Waals surface area contributed by atoms with Gasteiger partial charge in [0.25, 0.3) is 0 Å². The summed E-state index contributed by atoms with van der Waals surface area (Å²) in [5.74, 6) is 3.73. The molecule has 0 unspecified atom stereocenters. The van der Waals surface area contributed by atoms with Crippen molar-refractivity contribution in [3.63, 3.8) is 0 Å². The fourth-order valence-corrected chi connectivity index (χ4v) is 17.7. The van der Waals surface area contributed by atoms with Crippen LogP contribution in [0.1, 0.15) is 0 Å². The van der Waals surface area contributed by atoms with E-state index in [0.29, 0.717) is 34.9 Å². The summed E-state index contributed by atoms with van der Waals surface area (Å²) in [6, 6.07) is 130. The Morgan fingerprint density at radius 1 is 0.142 bits per heavy atom. The predicted molar refractivity (Wildman–Crippen MR) is 445 cm³/mol. The normalized spacial score (nSPS) is 11.6. The van der Waals surface area contributed by atoms with Crippen molar-refractivity contribution in [3.8, 4) is 146 Å². The van der Waals surface area contributed by atoms with Crippen LogP contribution >= 0.6 is 22.7 Å². The second-order valence-corrected chi connectivity index (χ2v) is 28.9. The van der Waals surface area contributed by atoms with Crippen molar-refractivity contribution in [1.82, 2.24) is 29.9 Å². The van der Waals surface area contributed by atoms with Crippen molar-refractivity contribution in [2.45, 2.75) is 0 Å². The molecular formula is C98H60N6S2. The Hall–Kier alpha value is -13.5. The van der Waals surface area contributed by atoms with E-state index in [1.54, 1.807) is 22.7 Å². The van der Waals surface area contributed by atoms with E-state index in [-0.39, 0.29) is 0 Å². The second kappa shape index (κ2) is 26.4. The van der Waals surface area contributed by atoms with E-state index in [2.05, 4.69) is 346 Å². The fourth-order valence-electron chi connectivity index (χ4n) is 15.3. The molecule has 0 aliphatic rings. The molecule has 8 heteroatoms. The van der Waals surface area contributed by atoms with Crippen molar-refractivity contribution >= 4 is 84.6 Å². The number of nitrogens with zero attached hydrogens (tertiary/aromatic N) is 6. The van der Waals surface area contributed by atoms with Crippen LogP contribution in [0, 0.1) is 0 Å². The molecule has 0 bridgehead atoms. The van der Waals surface area contributed by atoms with Gasteiger partial charge in [0.1, 0.15) is 0 Å². The van der Waals surface area contributed by atoms with Crippen LogP contribution in [-0.2, 0) is 0 Å². The van der Waals surface area contributed by atoms with Gasteiger partial charge in [-0.3, -0.25) is 0 Å². The van der Waals surface area contributed by atoms with E-state index in [0.717, 1.165) is 109 Å². The molecule has 0 aliphatic carbocycles. The molecular weight excluding hydrogens is 1330 g/mol. The smallest absolute Gasteiger partial charge is 0.165 e. The van der Waals surface area contributed by atoms with Crippen LogP contribution in [0.5, 0.6) is 0 Å². The molecule has 0 atom stereocenters. The molecule has 16 aromatic carbocycles. The summed E-state index contributed by atoms with van der Waals surface area (Å²) in [7, 11) is 0. The van der Waals surface area contributed by atoms with Crippen molar-refractivity contribution in [1.29, 1.82) is 0 Å². The Morgan fingerprint density at radius 2 is 0.425 bits per heavy atom. The lowest BCUT2D eigenvalue weighted by Gasteiger charge is -2.17. The highest BCUT2D eigenvalue weighted by Crippen LogP contribution is 2.46. The zero-order valence-electron chi connectivity index (χ0n) is 57.1. The van der Waals surface area contributed by atoms with Gasteiger partial charge in [0.2, 0.25) is 0 Å². The zero-order valence-corrected chi connectivity index (χ0v) is 58.8. The molecule has 0 saturated heterocycles. The van der Waals surface area contributed by atoms with Crippen molar-refractivity contribution in [2.24, 2.45) is 0 Å². The van der Waals surface area contributed by atoms with Crippen LogP contribution < -0.4 is 0 Å². The lowest BCUT2D eigenvalue weighted by atomic mass is 9.87. The summed E-state index contributed by atoms with van der Waals surface area (Å²) in [6.07, 6.45) is 0. The maximum atomic E-state index is 5.40. The zero-order chi connectivity index (χ0) is 70.0. The molecule has 0 N–H and O–H groups in total. The molecule has 6 nitrogen and oxygen atoms in total. The SMILES string of the molecule is c1ccc(-c2nc(-c3ccc(-c4ccc(-c5ccc(-c6cccc(-c7nc(-c8ccc(-c9ccc(-c%10ccc(-c%11ccccc%11)c%11ccccc%10%11)cc9)cc8)nc(-c8cccc9c8sc8ccccc89)n7)c6)cc5-c5ccccc5)c5ccccc45)cc3)nc(-c3cccc4c3sc3ccccc34)n2)cc1. The monoisotopic (exact) mass is 1380 g/mol. The average Bonchev–Trinajstić information content (AvgIpc) is 1.74. The van der Waals surface area contributed by atoms with Crippen LogP contribution in [0.4, 0.5) is 0 Å². The van der Waals surface area contributed by atoms with Gasteiger partial charge in [-0.15, -0.1) is 22.7 Å². The Bertz CT molecular complexity index is 6790. The summed E-state index contributed by atoms with van der Waals surface area (Å²) in [5, 5.41) is 9.64. The van der Waals surface area contributed by atoms with Gasteiger partial charge >= 0.3 is 0 Å². The Balaban J connectivity index is 0.637. The highest BCUT2D eigenvalue weighted by molar-refractivity contribution is 7.26. The number of thiophene rings is 2. The van der Waals surface area contributed by atoms with Crippen LogP contribution in [0.2, 0.25) is 0 Å². The summed E-state index contributed by atoms with van der Waals surface area (Å²) in [5.41, 5.74) is 21.6. The molecule has 0 radical (unpaired) electrons. The Kier molecular flexibility index (Phi) is 15.5. The number of hydrogen-bond acceptors (Lipinski definition) is 8. The van der Waals surface area contributed by atoms with Gasteiger partial charge in [-0.2, -0.15) is 0 Å². The number of hydrogen-bond donors (Lipinski definition) is 0. The summed E-state index contributed by atoms with van der Waals surface area (Å²) in [4.78, 5) is 31.7. The van der Waals surface area contributed by atoms with Crippen molar-refractivity contribution in [3.05, 3.63) is 364 Å². The van der Waals surface area contributed by atoms with E-state index in [1.165, 1.54) is 64.0 Å². The van der Waals surface area contributed by atoms with Crippen LogP contribution in [0.3, 0.4) is 0 Å². The second-order valence-electron chi connectivity index (χ2n) is 26.8. The lowest BCUT2D eigenvalue weighted by Crippen LogP contribution is -2.00. The van der Waals surface area contributed by atoms with Crippen LogP contribution in [-0.4, -0.2) is 29.9 Å². The molecule has 20 aromatic rings. The molecule has 20 rings (SSSR count). The first-order valence-corrected chi connectivity index (χ1v) is 37.3. The van der Waals surface area contributed by atoms with E-state index in [1.807, 2.05) is 18.2 Å². The van der Waals surface area contributed by atoms with Crippen LogP contribution in [0.15, 0.2) is 364 Å². The number of rotatable bonds is 13. The van der Waals surface area contributed by atoms with Gasteiger partial charge < -0.3 is 0 Å². The minimum Gasteiger partial charge on any atom is -0.208 e. The van der Waals surface area contributed by atoms with Gasteiger partial charge in [0, 0.05) is 73.7 Å². The minimum absolute atomic E-state index is 0.596. The maximum absolute atomic E-state index is 5.40. The number of fused-ring (bicyclic) bond motifs is 8. The van der Waals surface area contributed by atoms with Gasteiger partial charge in [-0.1, -0.05) is 328 Å². The first-order valence-electron chi connectivity index (χ1n) is 35.6. The molecule has 0 amide bonds. The summed E-state index contributed by atoms with van der Waals surface area (Å²) < 4.78 is 4.77. The van der Waals surface area contributed by atoms with E-state index in [4.69, 9.17) is 29.9 Å². The third-order valence-electron chi connectivity index (χ3n) is 20.5. The standard InChI is InChI=1S/C98H60N6S2/c1-4-21-63(22-5-1)73-55-56-74(77-30-11-10-29-76(73)77)65-45-41-61(42-46-65)62-43-49-68(50-44-62)95-100-96(104-98(103-95)87-38-20-36-85-83-34-15-17-40-90(83)106-92(85)87)72-28-18-27-70(59-72)71-53-54-81(88(60-71)64-23-6-2-7-24-64)80-58-57-75(78-31-12-13-32-79(78)80)66-47-51-69(52-48-66)94-99-93(67-25-8-3-9-26-67)101-97(102-94)86-37-19-35-84-82-33-14-16-39-89(82)105-91(84)86/h1-60H. The lowest BCUT2D eigenvalue weighted by molar-refractivity contribution is 1.08. The molecule has 0 aliphatic heterocycles. The minimum atomic E-state index is 0.596. The molecule has 0 saturated carbocycles. The molecule has 106 heavy (non-hydrogen) atoms. The van der Waals surface area contributed by atoms with E-state index >= 15 is 0 Å². The molecule has 494 valence electrons. The first kappa shape index (κ1) is 62.3. The predicted octanol–water partition coefficient (Wildman–Crippen LogP) is 26.8. The third kappa shape index (κ3) is 11.3. The summed E-state index contributed by atoms with van der Waals surface area (Å²) in [6.45, 7) is 0. The largest absolute Gasteiger partial charge is 0.208 e. The van der Waals surface area contributed by atoms with Gasteiger partial charge in [0.15, 0.2) is 34.9 Å². The summed E-state index contributed by atoms with van der Waals surface area (Å²) >= 11 is 3.56. The number of aromatic nitrogens is 6. The highest BCUT2D eigenvalue weighted by atomic mass is 32.1.